The van der Waals surface area contributed by atoms with E-state index in [4.69, 9.17) is 4.98 Å². The lowest BCUT2D eigenvalue weighted by Gasteiger charge is -2.05. The summed E-state index contributed by atoms with van der Waals surface area (Å²) in [5.74, 6) is 0. The van der Waals surface area contributed by atoms with Gasteiger partial charge in [-0.2, -0.15) is 0 Å². The zero-order valence-electron chi connectivity index (χ0n) is 14.2. The summed E-state index contributed by atoms with van der Waals surface area (Å²) in [6.07, 6.45) is 5.13. The van der Waals surface area contributed by atoms with Crippen molar-refractivity contribution in [2.24, 2.45) is 0 Å². The minimum Gasteiger partial charge on any atom is -0.385 e. The van der Waals surface area contributed by atoms with Crippen LogP contribution in [0.5, 0.6) is 0 Å². The molecule has 124 valence electrons. The molecule has 0 aliphatic rings. The molecule has 3 nitrogen and oxygen atoms in total. The molecule has 0 radical (unpaired) electrons. The van der Waals surface area contributed by atoms with E-state index in [9.17, 15) is 0 Å². The predicted octanol–water partition coefficient (Wildman–Crippen LogP) is 5.65. The van der Waals surface area contributed by atoms with Crippen molar-refractivity contribution in [3.05, 3.63) is 53.7 Å². The van der Waals surface area contributed by atoms with Crippen LogP contribution in [-0.4, -0.2) is 16.5 Å². The van der Waals surface area contributed by atoms with Gasteiger partial charge in [0.05, 0.1) is 5.69 Å². The highest BCUT2D eigenvalue weighted by Crippen LogP contribution is 2.29. The van der Waals surface area contributed by atoms with Crippen LogP contribution in [0.15, 0.2) is 48.0 Å². The number of aromatic nitrogens is 2. The van der Waals surface area contributed by atoms with Crippen molar-refractivity contribution in [1.29, 1.82) is 0 Å². The van der Waals surface area contributed by atoms with Crippen molar-refractivity contribution in [3.63, 3.8) is 0 Å². The Hall–Kier alpha value is -2.20. The van der Waals surface area contributed by atoms with Crippen molar-refractivity contribution in [2.75, 3.05) is 11.9 Å². The average Bonchev–Trinajstić information content (AvgIpc) is 3.11. The first-order chi connectivity index (χ1) is 11.8. The highest BCUT2D eigenvalue weighted by molar-refractivity contribution is 7.13. The summed E-state index contributed by atoms with van der Waals surface area (Å²) < 4.78 is 0. The molecular formula is C20H23N3S. The van der Waals surface area contributed by atoms with Gasteiger partial charge in [-0.25, -0.2) is 4.98 Å². The van der Waals surface area contributed by atoms with Gasteiger partial charge in [-0.05, 0) is 37.1 Å². The van der Waals surface area contributed by atoms with Crippen LogP contribution in [0.3, 0.4) is 0 Å². The van der Waals surface area contributed by atoms with E-state index in [0.717, 1.165) is 59.0 Å². The number of rotatable bonds is 7. The Bertz CT molecular complexity index is 778. The number of thiazole rings is 1. The summed E-state index contributed by atoms with van der Waals surface area (Å²) in [7, 11) is 0. The molecule has 2 aromatic heterocycles. The normalized spacial score (nSPS) is 10.8. The monoisotopic (exact) mass is 337 g/mol. The zero-order chi connectivity index (χ0) is 16.8. The molecule has 0 saturated carbocycles. The smallest absolute Gasteiger partial charge is 0.124 e. The maximum atomic E-state index is 4.81. The number of hydrogen-bond acceptors (Lipinski definition) is 4. The van der Waals surface area contributed by atoms with Crippen LogP contribution in [-0.2, 0) is 6.42 Å². The Balaban J connectivity index is 1.79. The largest absolute Gasteiger partial charge is 0.385 e. The van der Waals surface area contributed by atoms with E-state index in [-0.39, 0.29) is 0 Å². The Morgan fingerprint density at radius 2 is 1.83 bits per heavy atom. The van der Waals surface area contributed by atoms with E-state index in [1.807, 2.05) is 12.3 Å². The van der Waals surface area contributed by atoms with E-state index in [1.54, 1.807) is 11.3 Å². The molecule has 0 aliphatic carbocycles. The van der Waals surface area contributed by atoms with Gasteiger partial charge in [0.25, 0.3) is 0 Å². The first-order valence-electron chi connectivity index (χ1n) is 8.55. The second kappa shape index (κ2) is 8.06. The molecule has 0 bridgehead atoms. The fraction of sp³-hybridized carbons (Fsp3) is 0.300. The van der Waals surface area contributed by atoms with Gasteiger partial charge in [0.15, 0.2) is 0 Å². The molecule has 0 amide bonds. The summed E-state index contributed by atoms with van der Waals surface area (Å²) in [4.78, 5) is 9.24. The highest BCUT2D eigenvalue weighted by Gasteiger charge is 2.08. The fourth-order valence-electron chi connectivity index (χ4n) is 2.57. The van der Waals surface area contributed by atoms with Gasteiger partial charge in [0, 0.05) is 40.6 Å². The number of aryl methyl sites for hydroxylation is 1. The first-order valence-corrected chi connectivity index (χ1v) is 9.43. The van der Waals surface area contributed by atoms with Crippen molar-refractivity contribution in [1.82, 2.24) is 9.97 Å². The van der Waals surface area contributed by atoms with Gasteiger partial charge in [-0.3, -0.25) is 4.98 Å². The molecule has 3 rings (SSSR count). The van der Waals surface area contributed by atoms with Crippen LogP contribution in [0.2, 0.25) is 0 Å². The minimum atomic E-state index is 1.00. The molecule has 3 aromatic rings. The molecule has 1 aromatic carbocycles. The lowest BCUT2D eigenvalue weighted by Crippen LogP contribution is -1.98. The fourth-order valence-corrected chi connectivity index (χ4v) is 3.40. The number of pyridine rings is 1. The molecule has 4 heteroatoms. The van der Waals surface area contributed by atoms with Crippen molar-refractivity contribution < 1.29 is 0 Å². The Kier molecular flexibility index (Phi) is 5.59. The maximum absolute atomic E-state index is 4.81. The molecule has 2 heterocycles. The van der Waals surface area contributed by atoms with Gasteiger partial charge < -0.3 is 5.32 Å². The molecule has 0 atom stereocenters. The molecule has 0 spiro atoms. The standard InChI is InChI=1S/C20H23N3S/c1-3-5-18-13-16(10-12-22-18)20-23-19(14-24-20)15-6-8-17(9-7-15)21-11-4-2/h6-10,12-14,21H,3-5,11H2,1-2H3. The first kappa shape index (κ1) is 16.7. The molecule has 0 unspecified atom stereocenters. The second-order valence-corrected chi connectivity index (χ2v) is 6.69. The van der Waals surface area contributed by atoms with Gasteiger partial charge in [-0.15, -0.1) is 11.3 Å². The lowest BCUT2D eigenvalue weighted by atomic mass is 10.1. The van der Waals surface area contributed by atoms with Crippen LogP contribution < -0.4 is 5.32 Å². The lowest BCUT2D eigenvalue weighted by molar-refractivity contribution is 0.883. The van der Waals surface area contributed by atoms with Crippen molar-refractivity contribution in [2.45, 2.75) is 33.1 Å². The Labute approximate surface area is 147 Å². The third-order valence-corrected chi connectivity index (χ3v) is 4.72. The van der Waals surface area contributed by atoms with E-state index in [0.29, 0.717) is 0 Å². The Morgan fingerprint density at radius 3 is 2.58 bits per heavy atom. The third kappa shape index (κ3) is 4.01. The summed E-state index contributed by atoms with van der Waals surface area (Å²) >= 11 is 1.69. The molecule has 0 saturated heterocycles. The zero-order valence-corrected chi connectivity index (χ0v) is 15.1. The average molecular weight is 337 g/mol. The molecule has 24 heavy (non-hydrogen) atoms. The van der Waals surface area contributed by atoms with E-state index < -0.39 is 0 Å². The topological polar surface area (TPSA) is 37.8 Å². The molecule has 1 N–H and O–H groups in total. The molecule has 0 aliphatic heterocycles. The summed E-state index contributed by atoms with van der Waals surface area (Å²) in [5.41, 5.74) is 5.65. The second-order valence-electron chi connectivity index (χ2n) is 5.83. The molecule has 0 fully saturated rings. The van der Waals surface area contributed by atoms with Gasteiger partial charge in [-0.1, -0.05) is 32.4 Å². The summed E-state index contributed by atoms with van der Waals surface area (Å²) in [5, 5.41) is 6.58. The van der Waals surface area contributed by atoms with Crippen LogP contribution in [0.25, 0.3) is 21.8 Å². The van der Waals surface area contributed by atoms with Gasteiger partial charge >= 0.3 is 0 Å². The minimum absolute atomic E-state index is 1.00. The number of nitrogens with one attached hydrogen (secondary N) is 1. The maximum Gasteiger partial charge on any atom is 0.124 e. The predicted molar refractivity (Wildman–Crippen MR) is 104 cm³/mol. The number of anilines is 1. The van der Waals surface area contributed by atoms with E-state index in [2.05, 4.69) is 59.9 Å². The number of nitrogens with zero attached hydrogens (tertiary/aromatic N) is 2. The quantitative estimate of drug-likeness (QED) is 0.605. The number of hydrogen-bond donors (Lipinski definition) is 1. The SMILES string of the molecule is CCCNc1ccc(-c2csc(-c3ccnc(CCC)c3)n2)cc1. The van der Waals surface area contributed by atoms with Crippen LogP contribution >= 0.6 is 11.3 Å². The summed E-state index contributed by atoms with van der Waals surface area (Å²) in [6, 6.07) is 12.7. The number of benzene rings is 1. The third-order valence-electron chi connectivity index (χ3n) is 3.83. The Morgan fingerprint density at radius 1 is 1.00 bits per heavy atom. The van der Waals surface area contributed by atoms with Crippen LogP contribution in [0.4, 0.5) is 5.69 Å². The molecular weight excluding hydrogens is 314 g/mol. The highest BCUT2D eigenvalue weighted by atomic mass is 32.1. The van der Waals surface area contributed by atoms with Gasteiger partial charge in [0.2, 0.25) is 0 Å². The van der Waals surface area contributed by atoms with Gasteiger partial charge in [0.1, 0.15) is 5.01 Å². The summed E-state index contributed by atoms with van der Waals surface area (Å²) in [6.45, 7) is 5.35. The van der Waals surface area contributed by atoms with Crippen molar-refractivity contribution >= 4 is 17.0 Å². The van der Waals surface area contributed by atoms with E-state index in [1.165, 1.54) is 0 Å². The van der Waals surface area contributed by atoms with Crippen LogP contribution in [0, 0.1) is 0 Å². The van der Waals surface area contributed by atoms with Crippen LogP contribution in [0.1, 0.15) is 32.4 Å². The van der Waals surface area contributed by atoms with E-state index >= 15 is 0 Å². The van der Waals surface area contributed by atoms with Crippen molar-refractivity contribution in [3.8, 4) is 21.8 Å².